The third-order valence-electron chi connectivity index (χ3n) is 2.84. The predicted molar refractivity (Wildman–Crippen MR) is 85.0 cm³/mol. The molecule has 3 nitrogen and oxygen atoms in total. The lowest BCUT2D eigenvalue weighted by atomic mass is 10.2. The number of rotatable bonds is 5. The molecule has 0 saturated heterocycles. The molecule has 1 N–H and O–H groups in total. The number of thioether (sulfide) groups is 1. The van der Waals surface area contributed by atoms with Crippen LogP contribution in [0.4, 0.5) is 0 Å². The van der Waals surface area contributed by atoms with Crippen LogP contribution in [0.5, 0.6) is 0 Å². The highest BCUT2D eigenvalue weighted by atomic mass is 35.5. The molecule has 0 aliphatic rings. The first kappa shape index (κ1) is 13.9. The first-order chi connectivity index (χ1) is 9.70. The molecule has 0 radical (unpaired) electrons. The van der Waals surface area contributed by atoms with E-state index in [9.17, 15) is 5.11 Å². The van der Waals surface area contributed by atoms with Crippen LogP contribution in [-0.4, -0.2) is 26.3 Å². The van der Waals surface area contributed by atoms with Gasteiger partial charge in [-0.25, -0.2) is 4.98 Å². The van der Waals surface area contributed by atoms with Gasteiger partial charge in [-0.05, 0) is 24.3 Å². The molecule has 3 aromatic rings. The summed E-state index contributed by atoms with van der Waals surface area (Å²) in [5.41, 5.74) is 0.932. The number of nitrogens with zero attached hydrogens (tertiary/aromatic N) is 2. The van der Waals surface area contributed by atoms with Crippen molar-refractivity contribution in [3.63, 3.8) is 0 Å². The number of aliphatic hydroxyl groups excluding tert-OH is 1. The van der Waals surface area contributed by atoms with Crippen LogP contribution in [0.2, 0.25) is 5.02 Å². The molecule has 104 valence electrons. The Morgan fingerprint density at radius 2 is 2.15 bits per heavy atom. The van der Waals surface area contributed by atoms with Gasteiger partial charge in [0, 0.05) is 39.9 Å². The second kappa shape index (κ2) is 6.18. The van der Waals surface area contributed by atoms with Crippen molar-refractivity contribution in [2.24, 2.45) is 0 Å². The average molecular weight is 325 g/mol. The number of hydrogen-bond acceptors (Lipinski definition) is 4. The maximum atomic E-state index is 10.1. The number of thiazole rings is 1. The molecule has 0 fully saturated rings. The number of fused-ring (bicyclic) bond motifs is 1. The molecule has 2 heterocycles. The summed E-state index contributed by atoms with van der Waals surface area (Å²) in [6.07, 6.45) is 4.13. The normalized spacial score (nSPS) is 12.9. The molecule has 1 unspecified atom stereocenters. The lowest BCUT2D eigenvalue weighted by molar-refractivity contribution is 0.199. The zero-order valence-electron chi connectivity index (χ0n) is 10.6. The first-order valence-corrected chi connectivity index (χ1v) is 8.42. The van der Waals surface area contributed by atoms with Crippen molar-refractivity contribution in [3.8, 4) is 0 Å². The van der Waals surface area contributed by atoms with Crippen molar-refractivity contribution in [3.05, 3.63) is 52.8 Å². The molecule has 0 spiro atoms. The summed E-state index contributed by atoms with van der Waals surface area (Å²) in [7, 11) is 0. The number of aliphatic hydroxyl groups is 1. The van der Waals surface area contributed by atoms with Gasteiger partial charge in [0.15, 0.2) is 4.96 Å². The molecular weight excluding hydrogens is 312 g/mol. The van der Waals surface area contributed by atoms with Gasteiger partial charge in [-0.1, -0.05) is 11.6 Å². The molecular formula is C14H13ClN2OS2. The summed E-state index contributed by atoms with van der Waals surface area (Å²) >= 11 is 9.07. The fraction of sp³-hybridized carbons (Fsp3) is 0.214. The SMILES string of the molecule is OC(CSc1ccc(Cl)cc1)Cc1cn2ccsc2n1. The van der Waals surface area contributed by atoms with Crippen LogP contribution in [0.15, 0.2) is 46.9 Å². The van der Waals surface area contributed by atoms with Crippen LogP contribution in [-0.2, 0) is 6.42 Å². The van der Waals surface area contributed by atoms with Gasteiger partial charge in [0.05, 0.1) is 11.8 Å². The minimum absolute atomic E-state index is 0.403. The van der Waals surface area contributed by atoms with Crippen LogP contribution < -0.4 is 0 Å². The Bertz CT molecular complexity index is 664. The van der Waals surface area contributed by atoms with Gasteiger partial charge in [-0.15, -0.1) is 23.1 Å². The highest BCUT2D eigenvalue weighted by Crippen LogP contribution is 2.22. The molecule has 0 aliphatic carbocycles. The lowest BCUT2D eigenvalue weighted by Gasteiger charge is -2.08. The monoisotopic (exact) mass is 324 g/mol. The van der Waals surface area contributed by atoms with Crippen molar-refractivity contribution in [2.75, 3.05) is 5.75 Å². The van der Waals surface area contributed by atoms with E-state index < -0.39 is 6.10 Å². The number of aromatic nitrogens is 2. The number of benzene rings is 1. The van der Waals surface area contributed by atoms with E-state index in [0.29, 0.717) is 12.2 Å². The quantitative estimate of drug-likeness (QED) is 0.726. The number of hydrogen-bond donors (Lipinski definition) is 1. The Balaban J connectivity index is 1.55. The third kappa shape index (κ3) is 3.35. The fourth-order valence-corrected chi connectivity index (χ4v) is 3.57. The summed E-state index contributed by atoms with van der Waals surface area (Å²) in [4.78, 5) is 6.55. The molecule has 0 saturated carbocycles. The van der Waals surface area contributed by atoms with Gasteiger partial charge in [0.2, 0.25) is 0 Å². The lowest BCUT2D eigenvalue weighted by Crippen LogP contribution is -2.13. The van der Waals surface area contributed by atoms with Crippen LogP contribution in [0, 0.1) is 0 Å². The van der Waals surface area contributed by atoms with Crippen molar-refractivity contribution < 1.29 is 5.11 Å². The Labute approximate surface area is 130 Å². The van der Waals surface area contributed by atoms with Crippen LogP contribution in [0.25, 0.3) is 4.96 Å². The van der Waals surface area contributed by atoms with E-state index in [0.717, 1.165) is 20.6 Å². The molecule has 2 aromatic heterocycles. The van der Waals surface area contributed by atoms with Gasteiger partial charge >= 0.3 is 0 Å². The molecule has 6 heteroatoms. The number of imidazole rings is 1. The standard InChI is InChI=1S/C14H13ClN2OS2/c15-10-1-3-13(4-2-10)20-9-12(18)7-11-8-17-5-6-19-14(17)16-11/h1-6,8,12,18H,7,9H2. The maximum absolute atomic E-state index is 10.1. The predicted octanol–water partition coefficient (Wildman–Crippen LogP) is 3.74. The van der Waals surface area contributed by atoms with Crippen molar-refractivity contribution in [1.29, 1.82) is 0 Å². The first-order valence-electron chi connectivity index (χ1n) is 6.18. The highest BCUT2D eigenvalue weighted by Gasteiger charge is 2.10. The fourth-order valence-electron chi connectivity index (χ4n) is 1.90. The van der Waals surface area contributed by atoms with Crippen LogP contribution in [0.1, 0.15) is 5.69 Å². The summed E-state index contributed by atoms with van der Waals surface area (Å²) in [6, 6.07) is 7.65. The Kier molecular flexibility index (Phi) is 4.31. The summed E-state index contributed by atoms with van der Waals surface area (Å²) in [5.74, 6) is 0.646. The Morgan fingerprint density at radius 1 is 1.35 bits per heavy atom. The minimum Gasteiger partial charge on any atom is -0.392 e. The van der Waals surface area contributed by atoms with Crippen molar-refractivity contribution in [2.45, 2.75) is 17.4 Å². The molecule has 1 atom stereocenters. The van der Waals surface area contributed by atoms with E-state index >= 15 is 0 Å². The average Bonchev–Trinajstić information content (AvgIpc) is 2.99. The largest absolute Gasteiger partial charge is 0.392 e. The van der Waals surface area contributed by atoms with E-state index in [4.69, 9.17) is 11.6 Å². The number of halogens is 1. The van der Waals surface area contributed by atoms with Crippen molar-refractivity contribution >= 4 is 39.7 Å². The Hall–Kier alpha value is -1.01. The van der Waals surface area contributed by atoms with Crippen molar-refractivity contribution in [1.82, 2.24) is 9.38 Å². The summed E-state index contributed by atoms with van der Waals surface area (Å²) in [5, 5.41) is 12.8. The van der Waals surface area contributed by atoms with Gasteiger partial charge in [-0.2, -0.15) is 0 Å². The molecule has 0 amide bonds. The second-order valence-electron chi connectivity index (χ2n) is 4.45. The zero-order valence-corrected chi connectivity index (χ0v) is 13.0. The van der Waals surface area contributed by atoms with E-state index in [1.165, 1.54) is 0 Å². The minimum atomic E-state index is -0.403. The highest BCUT2D eigenvalue weighted by molar-refractivity contribution is 7.99. The van der Waals surface area contributed by atoms with Crippen LogP contribution >= 0.6 is 34.7 Å². The molecule has 0 bridgehead atoms. The van der Waals surface area contributed by atoms with Crippen LogP contribution in [0.3, 0.4) is 0 Å². The third-order valence-corrected chi connectivity index (χ3v) is 5.02. The zero-order chi connectivity index (χ0) is 13.9. The molecule has 20 heavy (non-hydrogen) atoms. The molecule has 0 aliphatic heterocycles. The van der Waals surface area contributed by atoms with E-state index in [1.807, 2.05) is 46.4 Å². The van der Waals surface area contributed by atoms with E-state index in [1.54, 1.807) is 23.1 Å². The smallest absolute Gasteiger partial charge is 0.193 e. The molecule has 1 aromatic carbocycles. The van der Waals surface area contributed by atoms with Gasteiger partial charge in [0.1, 0.15) is 0 Å². The van der Waals surface area contributed by atoms with Gasteiger partial charge in [-0.3, -0.25) is 4.40 Å². The Morgan fingerprint density at radius 3 is 2.90 bits per heavy atom. The topological polar surface area (TPSA) is 37.5 Å². The van der Waals surface area contributed by atoms with E-state index in [2.05, 4.69) is 4.98 Å². The second-order valence-corrected chi connectivity index (χ2v) is 6.85. The van der Waals surface area contributed by atoms with Gasteiger partial charge < -0.3 is 5.11 Å². The summed E-state index contributed by atoms with van der Waals surface area (Å²) < 4.78 is 1.99. The molecule has 3 rings (SSSR count). The summed E-state index contributed by atoms with van der Waals surface area (Å²) in [6.45, 7) is 0. The van der Waals surface area contributed by atoms with Gasteiger partial charge in [0.25, 0.3) is 0 Å². The van der Waals surface area contributed by atoms with E-state index in [-0.39, 0.29) is 0 Å². The maximum Gasteiger partial charge on any atom is 0.193 e.